The highest BCUT2D eigenvalue weighted by Gasteiger charge is 2.15. The van der Waals surface area contributed by atoms with Crippen molar-refractivity contribution < 1.29 is 33.7 Å². The number of benzene rings is 2. The van der Waals surface area contributed by atoms with Crippen molar-refractivity contribution in [3.8, 4) is 11.5 Å². The van der Waals surface area contributed by atoms with E-state index in [9.17, 15) is 14.4 Å². The van der Waals surface area contributed by atoms with Crippen molar-refractivity contribution in [2.45, 2.75) is 0 Å². The Balaban J connectivity index is 2.19. The number of methoxy groups -OCH3 is 1. The lowest BCUT2D eigenvalue weighted by Crippen LogP contribution is -2.12. The Morgan fingerprint density at radius 3 is 2.59 bits per heavy atom. The van der Waals surface area contributed by atoms with Gasteiger partial charge in [-0.1, -0.05) is 24.3 Å². The second-order valence-corrected chi connectivity index (χ2v) is 5.79. The van der Waals surface area contributed by atoms with E-state index in [1.54, 1.807) is 30.3 Å². The van der Waals surface area contributed by atoms with Crippen LogP contribution in [0.2, 0.25) is 0 Å². The number of carbonyl (C=O) groups is 3. The highest BCUT2D eigenvalue weighted by Crippen LogP contribution is 2.22. The van der Waals surface area contributed by atoms with Crippen LogP contribution in [0.5, 0.6) is 11.5 Å². The van der Waals surface area contributed by atoms with Crippen molar-refractivity contribution in [1.82, 2.24) is 0 Å². The first-order valence-corrected chi connectivity index (χ1v) is 8.67. The molecule has 0 aliphatic carbocycles. The van der Waals surface area contributed by atoms with Gasteiger partial charge < -0.3 is 25.1 Å². The molecule has 152 valence electrons. The van der Waals surface area contributed by atoms with Crippen molar-refractivity contribution in [3.63, 3.8) is 0 Å². The molecule has 0 atom stereocenters. The average molecular weight is 399 g/mol. The number of carbonyl (C=O) groups excluding carboxylic acids is 2. The Kier molecular flexibility index (Phi) is 7.93. The van der Waals surface area contributed by atoms with Gasteiger partial charge in [0.2, 0.25) is 0 Å². The number of carboxylic acid groups (broad SMARTS) is 1. The highest BCUT2D eigenvalue weighted by atomic mass is 16.5. The standard InChI is InChI=1S/C21H21NO7/c1-27-21(26)17-11-14(6-8-19(17)29-13-20(24)25)5-7-18(23)15-3-2-4-16(12-15)28-10-9-22/h2-8,11-12H,9-10,13,22H2,1H3,(H,24,25)/b7-5+. The van der Waals surface area contributed by atoms with Gasteiger partial charge in [-0.15, -0.1) is 0 Å². The van der Waals surface area contributed by atoms with Crippen molar-refractivity contribution in [2.75, 3.05) is 26.9 Å². The fraction of sp³-hybridized carbons (Fsp3) is 0.190. The first-order chi connectivity index (χ1) is 13.9. The Hall–Kier alpha value is -3.65. The minimum absolute atomic E-state index is 0.0560. The fourth-order valence-electron chi connectivity index (χ4n) is 2.37. The minimum Gasteiger partial charge on any atom is -0.492 e. The van der Waals surface area contributed by atoms with Gasteiger partial charge in [-0.3, -0.25) is 4.79 Å². The third-order valence-electron chi connectivity index (χ3n) is 3.69. The second kappa shape index (κ2) is 10.6. The minimum atomic E-state index is -1.17. The first kappa shape index (κ1) is 21.6. The van der Waals surface area contributed by atoms with Gasteiger partial charge in [-0.05, 0) is 35.9 Å². The molecule has 0 fully saturated rings. The van der Waals surface area contributed by atoms with Gasteiger partial charge in [0.05, 0.1) is 7.11 Å². The summed E-state index contributed by atoms with van der Waals surface area (Å²) < 4.78 is 15.2. The van der Waals surface area contributed by atoms with Gasteiger partial charge in [0.15, 0.2) is 12.4 Å². The van der Waals surface area contributed by atoms with Crippen molar-refractivity contribution >= 4 is 23.8 Å². The Morgan fingerprint density at radius 1 is 1.10 bits per heavy atom. The lowest BCUT2D eigenvalue weighted by Gasteiger charge is -2.09. The van der Waals surface area contributed by atoms with Crippen LogP contribution in [0, 0.1) is 0 Å². The topological polar surface area (TPSA) is 125 Å². The monoisotopic (exact) mass is 399 g/mol. The molecule has 2 rings (SSSR count). The molecule has 0 bridgehead atoms. The zero-order chi connectivity index (χ0) is 21.2. The Bertz CT molecular complexity index is 921. The molecule has 0 amide bonds. The molecule has 2 aromatic carbocycles. The van der Waals surface area contributed by atoms with Crippen LogP contribution in [-0.2, 0) is 9.53 Å². The van der Waals surface area contributed by atoms with Gasteiger partial charge in [-0.2, -0.15) is 0 Å². The van der Waals surface area contributed by atoms with E-state index in [2.05, 4.69) is 0 Å². The molecule has 3 N–H and O–H groups in total. The molecule has 0 unspecified atom stereocenters. The van der Waals surface area contributed by atoms with Crippen LogP contribution in [0.15, 0.2) is 48.5 Å². The van der Waals surface area contributed by atoms with Crippen molar-refractivity contribution in [1.29, 1.82) is 0 Å². The van der Waals surface area contributed by atoms with E-state index >= 15 is 0 Å². The zero-order valence-electron chi connectivity index (χ0n) is 15.8. The largest absolute Gasteiger partial charge is 0.492 e. The number of aliphatic carboxylic acids is 1. The quantitative estimate of drug-likeness (QED) is 0.354. The van der Waals surface area contributed by atoms with Crippen LogP contribution < -0.4 is 15.2 Å². The van der Waals surface area contributed by atoms with E-state index in [4.69, 9.17) is 25.1 Å². The van der Waals surface area contributed by atoms with E-state index in [1.165, 1.54) is 31.4 Å². The van der Waals surface area contributed by atoms with Crippen LogP contribution >= 0.6 is 0 Å². The van der Waals surface area contributed by atoms with Gasteiger partial charge in [0, 0.05) is 12.1 Å². The smallest absolute Gasteiger partial charge is 0.341 e. The molecule has 0 saturated heterocycles. The van der Waals surface area contributed by atoms with Crippen LogP contribution in [-0.4, -0.2) is 49.7 Å². The molecule has 2 aromatic rings. The van der Waals surface area contributed by atoms with Gasteiger partial charge >= 0.3 is 11.9 Å². The molecular formula is C21H21NO7. The molecule has 0 spiro atoms. The normalized spacial score (nSPS) is 10.6. The highest BCUT2D eigenvalue weighted by molar-refractivity contribution is 6.07. The summed E-state index contributed by atoms with van der Waals surface area (Å²) in [6.07, 6.45) is 2.89. The number of ether oxygens (including phenoxy) is 3. The number of allylic oxidation sites excluding steroid dienone is 1. The molecule has 0 aliphatic rings. The molecule has 8 heteroatoms. The van der Waals surface area contributed by atoms with Crippen molar-refractivity contribution in [3.05, 3.63) is 65.2 Å². The number of esters is 1. The summed E-state index contributed by atoms with van der Waals surface area (Å²) in [5.41, 5.74) is 6.43. The molecule has 29 heavy (non-hydrogen) atoms. The summed E-state index contributed by atoms with van der Waals surface area (Å²) in [5, 5.41) is 8.73. The predicted octanol–water partition coefficient (Wildman–Crippen LogP) is 2.17. The fourth-order valence-corrected chi connectivity index (χ4v) is 2.37. The lowest BCUT2D eigenvalue weighted by atomic mass is 10.1. The third-order valence-corrected chi connectivity index (χ3v) is 3.69. The molecule has 0 aliphatic heterocycles. The maximum atomic E-state index is 12.4. The molecule has 8 nitrogen and oxygen atoms in total. The molecular weight excluding hydrogens is 378 g/mol. The van der Waals surface area contributed by atoms with Crippen LogP contribution in [0.25, 0.3) is 6.08 Å². The average Bonchev–Trinajstić information content (AvgIpc) is 2.74. The summed E-state index contributed by atoms with van der Waals surface area (Å²) in [6.45, 7) is 0.118. The van der Waals surface area contributed by atoms with Gasteiger partial charge in [-0.25, -0.2) is 9.59 Å². The Labute approximate surface area is 167 Å². The van der Waals surface area contributed by atoms with E-state index in [-0.39, 0.29) is 17.1 Å². The summed E-state index contributed by atoms with van der Waals surface area (Å²) in [6, 6.07) is 11.2. The maximum absolute atomic E-state index is 12.4. The molecule has 0 radical (unpaired) electrons. The molecule has 0 aromatic heterocycles. The third kappa shape index (κ3) is 6.47. The van der Waals surface area contributed by atoms with E-state index in [0.29, 0.717) is 30.0 Å². The van der Waals surface area contributed by atoms with Crippen molar-refractivity contribution in [2.24, 2.45) is 5.73 Å². The number of ketones is 1. The number of nitrogens with two attached hydrogens (primary N) is 1. The molecule has 0 saturated carbocycles. The SMILES string of the molecule is COC(=O)c1cc(/C=C/C(=O)c2cccc(OCCN)c2)ccc1OCC(=O)O. The summed E-state index contributed by atoms with van der Waals surface area (Å²) in [7, 11) is 1.20. The number of carboxylic acids is 1. The zero-order valence-corrected chi connectivity index (χ0v) is 15.8. The summed E-state index contributed by atoms with van der Waals surface area (Å²) in [4.78, 5) is 35.0. The van der Waals surface area contributed by atoms with Crippen LogP contribution in [0.3, 0.4) is 0 Å². The van der Waals surface area contributed by atoms with E-state index in [1.807, 2.05) is 0 Å². The number of rotatable bonds is 10. The van der Waals surface area contributed by atoms with Gasteiger partial charge in [0.1, 0.15) is 23.7 Å². The summed E-state index contributed by atoms with van der Waals surface area (Å²) in [5.74, 6) is -1.49. The Morgan fingerprint density at radius 2 is 1.90 bits per heavy atom. The van der Waals surface area contributed by atoms with E-state index in [0.717, 1.165) is 0 Å². The molecule has 0 heterocycles. The first-order valence-electron chi connectivity index (χ1n) is 8.67. The maximum Gasteiger partial charge on any atom is 0.341 e. The number of hydrogen-bond acceptors (Lipinski definition) is 7. The van der Waals surface area contributed by atoms with Gasteiger partial charge in [0.25, 0.3) is 0 Å². The predicted molar refractivity (Wildman–Crippen MR) is 105 cm³/mol. The second-order valence-electron chi connectivity index (χ2n) is 5.79. The lowest BCUT2D eigenvalue weighted by molar-refractivity contribution is -0.139. The number of hydrogen-bond donors (Lipinski definition) is 2. The van der Waals surface area contributed by atoms with Crippen LogP contribution in [0.4, 0.5) is 0 Å². The summed E-state index contributed by atoms with van der Waals surface area (Å²) >= 11 is 0. The van der Waals surface area contributed by atoms with E-state index < -0.39 is 18.5 Å². The van der Waals surface area contributed by atoms with Crippen LogP contribution in [0.1, 0.15) is 26.3 Å².